The van der Waals surface area contributed by atoms with E-state index in [-0.39, 0.29) is 11.5 Å². The van der Waals surface area contributed by atoms with Gasteiger partial charge in [-0.15, -0.1) is 0 Å². The average molecular weight is 260 g/mol. The highest BCUT2D eigenvalue weighted by Crippen LogP contribution is 2.67. The Morgan fingerprint density at radius 3 is 2.95 bits per heavy atom. The van der Waals surface area contributed by atoms with Gasteiger partial charge in [0.25, 0.3) is 0 Å². The average Bonchev–Trinajstić information content (AvgIpc) is 2.80. The van der Waals surface area contributed by atoms with Gasteiger partial charge in [0.2, 0.25) is 0 Å². The molecule has 4 unspecified atom stereocenters. The lowest BCUT2D eigenvalue weighted by Crippen LogP contribution is -2.58. The van der Waals surface area contributed by atoms with E-state index in [1.54, 1.807) is 0 Å². The highest BCUT2D eigenvalue weighted by molar-refractivity contribution is 5.85. The van der Waals surface area contributed by atoms with Crippen molar-refractivity contribution in [3.8, 4) is 0 Å². The molecule has 1 spiro atoms. The van der Waals surface area contributed by atoms with Gasteiger partial charge in [0.15, 0.2) is 0 Å². The molecule has 6 rings (SSSR count). The molecule has 4 atom stereocenters. The number of hydrogen-bond donors (Lipinski definition) is 0. The Morgan fingerprint density at radius 1 is 1.26 bits per heavy atom. The monoisotopic (exact) mass is 260 g/mol. The Morgan fingerprint density at radius 2 is 2.11 bits per heavy atom. The Hall–Kier alpha value is -0.670. The fraction of sp³-hybridized carbons (Fsp3) is 0.812. The number of rotatable bonds is 0. The molecular weight excluding hydrogens is 240 g/mol. The summed E-state index contributed by atoms with van der Waals surface area (Å²) < 4.78 is 0. The van der Waals surface area contributed by atoms with Gasteiger partial charge in [0, 0.05) is 17.8 Å². The topological polar surface area (TPSA) is 35.5 Å². The summed E-state index contributed by atoms with van der Waals surface area (Å²) in [6.07, 6.45) is 9.28. The molecule has 1 heterocycles. The number of fused-ring (bicyclic) bond motifs is 3. The molecule has 0 aromatic carbocycles. The maximum absolute atomic E-state index is 12.4. The number of carbonyl (C=O) groups is 1. The van der Waals surface area contributed by atoms with Crippen molar-refractivity contribution in [2.24, 2.45) is 29.1 Å². The Labute approximate surface area is 113 Å². The molecule has 1 aliphatic heterocycles. The van der Waals surface area contributed by atoms with Crippen LogP contribution in [0.5, 0.6) is 0 Å². The molecule has 0 aromatic rings. The molecule has 4 saturated carbocycles. The molecule has 2 bridgehead atoms. The van der Waals surface area contributed by atoms with E-state index in [2.05, 4.69) is 6.08 Å². The van der Waals surface area contributed by atoms with Crippen LogP contribution in [-0.2, 0) is 14.6 Å². The number of ketones is 1. The largest absolute Gasteiger partial charge is 0.299 e. The molecule has 3 heteroatoms. The van der Waals surface area contributed by atoms with Gasteiger partial charge < -0.3 is 0 Å². The van der Waals surface area contributed by atoms with E-state index in [0.29, 0.717) is 36.1 Å². The molecule has 3 nitrogen and oxygen atoms in total. The Bertz CT molecular complexity index is 472. The first-order valence-electron chi connectivity index (χ1n) is 7.81. The van der Waals surface area contributed by atoms with E-state index in [1.807, 2.05) is 0 Å². The van der Waals surface area contributed by atoms with Gasteiger partial charge in [-0.2, -0.15) is 0 Å². The van der Waals surface area contributed by atoms with Crippen LogP contribution in [0.25, 0.3) is 0 Å². The van der Waals surface area contributed by atoms with E-state index < -0.39 is 0 Å². The van der Waals surface area contributed by atoms with Gasteiger partial charge in [-0.1, -0.05) is 6.08 Å². The van der Waals surface area contributed by atoms with Gasteiger partial charge in [-0.25, -0.2) is 9.78 Å². The SMILES string of the molecule is O=C1CC2C=C3CCOOC3C34CCC(CC3)C1C24. The minimum atomic E-state index is 0.150. The van der Waals surface area contributed by atoms with Crippen LogP contribution in [0.4, 0.5) is 0 Å². The van der Waals surface area contributed by atoms with E-state index in [9.17, 15) is 4.79 Å². The first-order chi connectivity index (χ1) is 9.29. The van der Waals surface area contributed by atoms with Gasteiger partial charge in [-0.3, -0.25) is 4.79 Å². The summed E-state index contributed by atoms with van der Waals surface area (Å²) in [4.78, 5) is 23.5. The Balaban J connectivity index is 1.69. The summed E-state index contributed by atoms with van der Waals surface area (Å²) in [5.74, 6) is 2.62. The van der Waals surface area contributed by atoms with E-state index >= 15 is 0 Å². The molecule has 0 N–H and O–H groups in total. The minimum absolute atomic E-state index is 0.150. The fourth-order valence-corrected chi connectivity index (χ4v) is 6.15. The highest BCUT2D eigenvalue weighted by atomic mass is 17.2. The van der Waals surface area contributed by atoms with Gasteiger partial charge in [0.1, 0.15) is 11.9 Å². The number of allylic oxidation sites excluding steroid dienone is 1. The van der Waals surface area contributed by atoms with Crippen molar-refractivity contribution in [2.75, 3.05) is 6.61 Å². The maximum atomic E-state index is 12.4. The molecule has 19 heavy (non-hydrogen) atoms. The molecule has 102 valence electrons. The first-order valence-corrected chi connectivity index (χ1v) is 7.81. The van der Waals surface area contributed by atoms with Crippen LogP contribution in [0.15, 0.2) is 11.6 Å². The molecule has 5 aliphatic carbocycles. The summed E-state index contributed by atoms with van der Waals surface area (Å²) in [7, 11) is 0. The van der Waals surface area contributed by atoms with Crippen LogP contribution in [-0.4, -0.2) is 18.5 Å². The molecule has 6 aliphatic rings. The summed E-state index contributed by atoms with van der Waals surface area (Å²) in [5.41, 5.74) is 1.65. The van der Waals surface area contributed by atoms with Crippen LogP contribution < -0.4 is 0 Å². The summed E-state index contributed by atoms with van der Waals surface area (Å²) in [6.45, 7) is 0.676. The van der Waals surface area contributed by atoms with Crippen LogP contribution in [0.3, 0.4) is 0 Å². The maximum Gasteiger partial charge on any atom is 0.137 e. The van der Waals surface area contributed by atoms with Crippen LogP contribution in [0, 0.1) is 29.1 Å². The predicted molar refractivity (Wildman–Crippen MR) is 68.0 cm³/mol. The van der Waals surface area contributed by atoms with E-state index in [1.165, 1.54) is 31.3 Å². The normalized spacial score (nSPS) is 54.6. The zero-order chi connectivity index (χ0) is 12.6. The fourth-order valence-electron chi connectivity index (χ4n) is 6.15. The lowest BCUT2D eigenvalue weighted by molar-refractivity contribution is -0.364. The zero-order valence-corrected chi connectivity index (χ0v) is 11.1. The number of hydrogen-bond acceptors (Lipinski definition) is 3. The lowest BCUT2D eigenvalue weighted by Gasteiger charge is -2.60. The molecule has 0 aromatic heterocycles. The third kappa shape index (κ3) is 1.20. The van der Waals surface area contributed by atoms with Crippen molar-refractivity contribution in [3.05, 3.63) is 11.6 Å². The summed E-state index contributed by atoms with van der Waals surface area (Å²) in [5, 5.41) is 0. The van der Waals surface area contributed by atoms with Crippen molar-refractivity contribution in [1.29, 1.82) is 0 Å². The summed E-state index contributed by atoms with van der Waals surface area (Å²) >= 11 is 0. The second-order valence-electron chi connectivity index (χ2n) is 7.25. The van der Waals surface area contributed by atoms with Crippen LogP contribution in [0.1, 0.15) is 38.5 Å². The van der Waals surface area contributed by atoms with Gasteiger partial charge in [0.05, 0.1) is 6.61 Å². The number of carbonyl (C=O) groups excluding carboxylic acids is 1. The van der Waals surface area contributed by atoms with Crippen LogP contribution in [0.2, 0.25) is 0 Å². The molecule has 5 fully saturated rings. The summed E-state index contributed by atoms with van der Waals surface area (Å²) in [6, 6.07) is 0. The van der Waals surface area contributed by atoms with E-state index in [0.717, 1.165) is 12.8 Å². The molecule has 0 radical (unpaired) electrons. The van der Waals surface area contributed by atoms with Crippen molar-refractivity contribution in [3.63, 3.8) is 0 Å². The van der Waals surface area contributed by atoms with Crippen molar-refractivity contribution < 1.29 is 14.6 Å². The lowest BCUT2D eigenvalue weighted by atomic mass is 9.46. The standard InChI is InChI=1S/C16H20O3/c17-12-8-11-7-10-3-6-18-19-15(10)16-4-1-9(2-5-16)13(12)14(11)16/h7,9,11,13-15H,1-6,8H2. The third-order valence-electron chi connectivity index (χ3n) is 6.72. The predicted octanol–water partition coefficient (Wildman–Crippen LogP) is 2.66. The minimum Gasteiger partial charge on any atom is -0.299 e. The number of Topliss-reactive ketones (excluding diaryl/α,β-unsaturated/α-hetero) is 1. The smallest absolute Gasteiger partial charge is 0.137 e. The molecule has 1 saturated heterocycles. The van der Waals surface area contributed by atoms with Gasteiger partial charge in [-0.05, 0) is 55.4 Å². The quantitative estimate of drug-likeness (QED) is 0.496. The third-order valence-corrected chi connectivity index (χ3v) is 6.72. The second kappa shape index (κ2) is 3.50. The molecule has 0 amide bonds. The Kier molecular flexibility index (Phi) is 2.03. The van der Waals surface area contributed by atoms with Crippen molar-refractivity contribution >= 4 is 5.78 Å². The first kappa shape index (κ1) is 11.0. The van der Waals surface area contributed by atoms with Gasteiger partial charge >= 0.3 is 0 Å². The van der Waals surface area contributed by atoms with Crippen molar-refractivity contribution in [1.82, 2.24) is 0 Å². The second-order valence-corrected chi connectivity index (χ2v) is 7.25. The van der Waals surface area contributed by atoms with E-state index in [4.69, 9.17) is 9.78 Å². The van der Waals surface area contributed by atoms with Crippen molar-refractivity contribution in [2.45, 2.75) is 44.6 Å². The zero-order valence-electron chi connectivity index (χ0n) is 11.1. The van der Waals surface area contributed by atoms with Crippen LogP contribution >= 0.6 is 0 Å². The highest BCUT2D eigenvalue weighted by Gasteiger charge is 2.66. The molecular formula is C16H20O3.